The van der Waals surface area contributed by atoms with Gasteiger partial charge < -0.3 is 9.47 Å². The first-order valence-electron chi connectivity index (χ1n) is 9.23. The summed E-state index contributed by atoms with van der Waals surface area (Å²) in [5, 5.41) is 0. The summed E-state index contributed by atoms with van der Waals surface area (Å²) < 4.78 is 38.1. The average Bonchev–Trinajstić information content (AvgIpc) is 3.50. The number of esters is 1. The SMILES string of the molecule is COc1ccc(C(=O)O[C@@H](C)C(=O)c2ccc(C)cc2)cc1S(=O)(=O)NC1CC1. The first-order chi connectivity index (χ1) is 13.7. The summed E-state index contributed by atoms with van der Waals surface area (Å²) >= 11 is 0. The maximum absolute atomic E-state index is 12.6. The molecule has 7 nitrogen and oxygen atoms in total. The molecule has 0 aromatic heterocycles. The van der Waals surface area contributed by atoms with Crippen molar-refractivity contribution < 1.29 is 27.5 Å². The van der Waals surface area contributed by atoms with Crippen LogP contribution in [0.2, 0.25) is 0 Å². The number of nitrogens with one attached hydrogen (secondary N) is 1. The van der Waals surface area contributed by atoms with Gasteiger partial charge in [-0.1, -0.05) is 29.8 Å². The van der Waals surface area contributed by atoms with E-state index in [0.717, 1.165) is 18.4 Å². The fourth-order valence-electron chi connectivity index (χ4n) is 2.73. The molecule has 1 saturated carbocycles. The van der Waals surface area contributed by atoms with Crippen LogP contribution >= 0.6 is 0 Å². The molecule has 0 amide bonds. The summed E-state index contributed by atoms with van der Waals surface area (Å²) in [7, 11) is -2.48. The van der Waals surface area contributed by atoms with Gasteiger partial charge in [-0.15, -0.1) is 0 Å². The van der Waals surface area contributed by atoms with E-state index in [1.807, 2.05) is 6.92 Å². The third-order valence-electron chi connectivity index (χ3n) is 4.58. The van der Waals surface area contributed by atoms with Gasteiger partial charge in [0.15, 0.2) is 6.10 Å². The zero-order valence-electron chi connectivity index (χ0n) is 16.5. The van der Waals surface area contributed by atoms with Crippen molar-refractivity contribution in [2.75, 3.05) is 7.11 Å². The molecule has 1 aliphatic carbocycles. The van der Waals surface area contributed by atoms with Gasteiger partial charge in [-0.2, -0.15) is 0 Å². The number of ether oxygens (including phenoxy) is 2. The number of hydrogen-bond acceptors (Lipinski definition) is 6. The van der Waals surface area contributed by atoms with Crippen molar-refractivity contribution >= 4 is 21.8 Å². The van der Waals surface area contributed by atoms with Crippen LogP contribution in [-0.2, 0) is 14.8 Å². The first-order valence-corrected chi connectivity index (χ1v) is 10.7. The topological polar surface area (TPSA) is 98.8 Å². The van der Waals surface area contributed by atoms with Crippen LogP contribution in [0.15, 0.2) is 47.4 Å². The molecule has 0 spiro atoms. The maximum Gasteiger partial charge on any atom is 0.338 e. The Labute approximate surface area is 170 Å². The lowest BCUT2D eigenvalue weighted by Crippen LogP contribution is -2.27. The summed E-state index contributed by atoms with van der Waals surface area (Å²) in [6, 6.07) is 10.9. The van der Waals surface area contributed by atoms with Crippen molar-refractivity contribution in [2.24, 2.45) is 0 Å². The standard InChI is InChI=1S/C21H23NO6S/c1-13-4-6-15(7-5-13)20(23)14(2)28-21(24)16-8-11-18(27-3)19(12-16)29(25,26)22-17-9-10-17/h4-8,11-12,14,17,22H,9-10H2,1-3H3/t14-/m0/s1. The van der Waals surface area contributed by atoms with Crippen LogP contribution in [0, 0.1) is 6.92 Å². The Hall–Kier alpha value is -2.71. The minimum atomic E-state index is -3.84. The smallest absolute Gasteiger partial charge is 0.338 e. The Morgan fingerprint density at radius 1 is 1.07 bits per heavy atom. The van der Waals surface area contributed by atoms with E-state index in [1.165, 1.54) is 32.2 Å². The Morgan fingerprint density at radius 2 is 1.69 bits per heavy atom. The quantitative estimate of drug-likeness (QED) is 0.524. The summed E-state index contributed by atoms with van der Waals surface area (Å²) in [6.07, 6.45) is 0.543. The van der Waals surface area contributed by atoms with Crippen LogP contribution in [0.5, 0.6) is 5.75 Å². The third kappa shape index (κ3) is 5.02. The molecule has 0 saturated heterocycles. The number of methoxy groups -OCH3 is 1. The van der Waals surface area contributed by atoms with Gasteiger partial charge in [0.2, 0.25) is 15.8 Å². The van der Waals surface area contributed by atoms with Crippen LogP contribution in [-0.4, -0.2) is 39.4 Å². The lowest BCUT2D eigenvalue weighted by atomic mass is 10.1. The molecule has 0 bridgehead atoms. The Morgan fingerprint density at radius 3 is 2.28 bits per heavy atom. The van der Waals surface area contributed by atoms with Crippen LogP contribution in [0.1, 0.15) is 46.0 Å². The van der Waals surface area contributed by atoms with Gasteiger partial charge in [-0.25, -0.2) is 17.9 Å². The summed E-state index contributed by atoms with van der Waals surface area (Å²) in [6.45, 7) is 3.39. The summed E-state index contributed by atoms with van der Waals surface area (Å²) in [5.41, 5.74) is 1.46. The van der Waals surface area contributed by atoms with Gasteiger partial charge >= 0.3 is 5.97 Å². The van der Waals surface area contributed by atoms with Gasteiger partial charge in [-0.05, 0) is 44.9 Å². The second-order valence-corrected chi connectivity index (χ2v) is 8.72. The van der Waals surface area contributed by atoms with Crippen LogP contribution in [0.4, 0.5) is 0 Å². The number of hydrogen-bond donors (Lipinski definition) is 1. The highest BCUT2D eigenvalue weighted by Gasteiger charge is 2.31. The highest BCUT2D eigenvalue weighted by atomic mass is 32.2. The lowest BCUT2D eigenvalue weighted by Gasteiger charge is -2.14. The predicted molar refractivity (Wildman–Crippen MR) is 107 cm³/mol. The molecule has 2 aromatic carbocycles. The number of ketones is 1. The van der Waals surface area contributed by atoms with Crippen molar-refractivity contribution in [3.63, 3.8) is 0 Å². The zero-order chi connectivity index (χ0) is 21.2. The maximum atomic E-state index is 12.6. The third-order valence-corrected chi connectivity index (χ3v) is 6.12. The Kier molecular flexibility index (Phi) is 6.04. The highest BCUT2D eigenvalue weighted by Crippen LogP contribution is 2.28. The van der Waals surface area contributed by atoms with Crippen molar-refractivity contribution in [1.29, 1.82) is 0 Å². The van der Waals surface area contributed by atoms with Crippen molar-refractivity contribution in [2.45, 2.75) is 43.7 Å². The first kappa shape index (κ1) is 21.0. The van der Waals surface area contributed by atoms with E-state index in [2.05, 4.69) is 4.72 Å². The monoisotopic (exact) mass is 417 g/mol. The number of aryl methyl sites for hydroxylation is 1. The number of carbonyl (C=O) groups excluding carboxylic acids is 2. The van der Waals surface area contributed by atoms with E-state index >= 15 is 0 Å². The average molecular weight is 417 g/mol. The lowest BCUT2D eigenvalue weighted by molar-refractivity contribution is 0.0318. The van der Waals surface area contributed by atoms with E-state index in [9.17, 15) is 18.0 Å². The number of sulfonamides is 1. The second kappa shape index (κ2) is 8.34. The molecule has 0 unspecified atom stereocenters. The van der Waals surface area contributed by atoms with Crippen molar-refractivity contribution in [3.8, 4) is 5.75 Å². The van der Waals surface area contributed by atoms with E-state index in [1.54, 1.807) is 24.3 Å². The Bertz CT molecular complexity index is 1030. The molecule has 1 aliphatic rings. The van der Waals surface area contributed by atoms with E-state index in [0.29, 0.717) is 5.56 Å². The number of rotatable bonds is 8. The number of carbonyl (C=O) groups is 2. The minimum absolute atomic E-state index is 0.0190. The van der Waals surface area contributed by atoms with Gasteiger partial charge in [0.1, 0.15) is 10.6 Å². The van der Waals surface area contributed by atoms with Crippen LogP contribution in [0.3, 0.4) is 0 Å². The molecule has 0 radical (unpaired) electrons. The largest absolute Gasteiger partial charge is 0.495 e. The molecule has 1 fully saturated rings. The molecular weight excluding hydrogens is 394 g/mol. The molecule has 3 rings (SSSR count). The van der Waals surface area contributed by atoms with Gasteiger partial charge in [-0.3, -0.25) is 4.79 Å². The van der Waals surface area contributed by atoms with Gasteiger partial charge in [0, 0.05) is 11.6 Å². The van der Waals surface area contributed by atoms with E-state index in [-0.39, 0.29) is 28.0 Å². The van der Waals surface area contributed by atoms with Crippen LogP contribution in [0.25, 0.3) is 0 Å². The van der Waals surface area contributed by atoms with Gasteiger partial charge in [0.05, 0.1) is 12.7 Å². The molecular formula is C21H23NO6S. The second-order valence-electron chi connectivity index (χ2n) is 7.04. The molecule has 1 atom stereocenters. The fraction of sp³-hybridized carbons (Fsp3) is 0.333. The normalized spacial score (nSPS) is 14.9. The van der Waals surface area contributed by atoms with Gasteiger partial charge in [0.25, 0.3) is 0 Å². The zero-order valence-corrected chi connectivity index (χ0v) is 17.3. The Balaban J connectivity index is 1.78. The molecule has 8 heteroatoms. The highest BCUT2D eigenvalue weighted by molar-refractivity contribution is 7.89. The summed E-state index contributed by atoms with van der Waals surface area (Å²) in [5.74, 6) is -1.00. The fourth-order valence-corrected chi connectivity index (χ4v) is 4.23. The molecule has 29 heavy (non-hydrogen) atoms. The number of benzene rings is 2. The van der Waals surface area contributed by atoms with Crippen molar-refractivity contribution in [3.05, 3.63) is 59.2 Å². The summed E-state index contributed by atoms with van der Waals surface area (Å²) in [4.78, 5) is 24.9. The van der Waals surface area contributed by atoms with Crippen LogP contribution < -0.4 is 9.46 Å². The molecule has 2 aromatic rings. The molecule has 154 valence electrons. The number of Topliss-reactive ketones (excluding diaryl/α,β-unsaturated/α-hetero) is 1. The molecule has 0 aliphatic heterocycles. The van der Waals surface area contributed by atoms with E-state index < -0.39 is 22.1 Å². The van der Waals surface area contributed by atoms with E-state index in [4.69, 9.17) is 9.47 Å². The molecule has 1 N–H and O–H groups in total. The minimum Gasteiger partial charge on any atom is -0.495 e. The predicted octanol–water partition coefficient (Wildman–Crippen LogP) is 2.87. The molecule has 0 heterocycles. The van der Waals surface area contributed by atoms with Crippen molar-refractivity contribution in [1.82, 2.24) is 4.72 Å².